The molecule has 0 spiro atoms. The largest absolute Gasteiger partial charge is 0.267 e. The van der Waals surface area contributed by atoms with Crippen LogP contribution in [0.25, 0.3) is 20.9 Å². The molecule has 23 heavy (non-hydrogen) atoms. The highest BCUT2D eigenvalue weighted by atomic mass is 32.2. The smallest absolute Gasteiger partial charge is 0.264 e. The van der Waals surface area contributed by atoms with Crippen molar-refractivity contribution in [1.29, 1.82) is 0 Å². The fourth-order valence-electron chi connectivity index (χ4n) is 2.71. The van der Waals surface area contributed by atoms with Gasteiger partial charge in [-0.3, -0.25) is 4.18 Å². The fourth-order valence-corrected chi connectivity index (χ4v) is 3.35. The van der Waals surface area contributed by atoms with Crippen LogP contribution in [-0.2, 0) is 14.3 Å². The third-order valence-corrected chi connectivity index (χ3v) is 4.17. The maximum absolute atomic E-state index is 11.3. The van der Waals surface area contributed by atoms with Gasteiger partial charge in [0.05, 0.1) is 18.9 Å². The lowest BCUT2D eigenvalue weighted by atomic mass is 9.90. The predicted molar refractivity (Wildman–Crippen MR) is 89.2 cm³/mol. The van der Waals surface area contributed by atoms with E-state index in [1.807, 2.05) is 13.8 Å². The van der Waals surface area contributed by atoms with Gasteiger partial charge in [-0.15, -0.1) is 0 Å². The van der Waals surface area contributed by atoms with E-state index < -0.39 is 16.2 Å². The molecule has 9 nitrogen and oxygen atoms in total. The molecule has 0 amide bonds. The van der Waals surface area contributed by atoms with Crippen LogP contribution < -0.4 is 0 Å². The van der Waals surface area contributed by atoms with E-state index in [9.17, 15) is 8.42 Å². The monoisotopic (exact) mass is 346 g/mol. The first-order valence-corrected chi connectivity index (χ1v) is 9.71. The molecule has 0 aromatic carbocycles. The first-order valence-electron chi connectivity index (χ1n) is 7.89. The van der Waals surface area contributed by atoms with E-state index >= 15 is 0 Å². The second-order valence-electron chi connectivity index (χ2n) is 5.24. The Balaban J connectivity index is 0.00000232. The Morgan fingerprint density at radius 3 is 2.39 bits per heavy atom. The first-order chi connectivity index (χ1) is 11.0. The molecule has 0 saturated heterocycles. The summed E-state index contributed by atoms with van der Waals surface area (Å²) in [6.07, 6.45) is 5.37. The van der Waals surface area contributed by atoms with Crippen molar-refractivity contribution in [2.45, 2.75) is 64.5 Å². The van der Waals surface area contributed by atoms with Gasteiger partial charge < -0.3 is 0 Å². The molecular formula is C13H26N6O3S. The van der Waals surface area contributed by atoms with Gasteiger partial charge in [-0.1, -0.05) is 43.3 Å². The van der Waals surface area contributed by atoms with Gasteiger partial charge in [-0.2, -0.15) is 8.42 Å². The molecule has 132 valence electrons. The summed E-state index contributed by atoms with van der Waals surface area (Å²) in [4.78, 5) is 5.52. The van der Waals surface area contributed by atoms with Gasteiger partial charge in [0.25, 0.3) is 10.1 Å². The zero-order chi connectivity index (χ0) is 17.7. The lowest BCUT2D eigenvalue weighted by Gasteiger charge is -2.25. The van der Waals surface area contributed by atoms with Crippen LogP contribution in [-0.4, -0.2) is 33.4 Å². The maximum atomic E-state index is 11.3. The van der Waals surface area contributed by atoms with Crippen LogP contribution in [0, 0.1) is 5.92 Å². The van der Waals surface area contributed by atoms with Gasteiger partial charge in [-0.05, 0) is 36.2 Å². The summed E-state index contributed by atoms with van der Waals surface area (Å²) in [7, 11) is -3.63. The molecule has 0 bridgehead atoms. The summed E-state index contributed by atoms with van der Waals surface area (Å²) in [6.45, 7) is 3.95. The molecular weight excluding hydrogens is 320 g/mol. The maximum Gasteiger partial charge on any atom is 0.264 e. The van der Waals surface area contributed by atoms with E-state index in [2.05, 4.69) is 20.1 Å². The predicted octanol–water partition coefficient (Wildman–Crippen LogP) is 4.32. The minimum Gasteiger partial charge on any atom is -0.267 e. The van der Waals surface area contributed by atoms with Crippen LogP contribution in [0.2, 0.25) is 0 Å². The van der Waals surface area contributed by atoms with E-state index in [-0.39, 0.29) is 18.5 Å². The standard InChI is InChI=1S/C11H20N6O3S.C2H6/c1-21(18,19)20-10(8-14-16-12)7-9-5-3-2-4-6-11(9)15-17-13;1-2/h9-11H,2-8H2,1H3;1-2H3/t9-,10?,11+;/m0./s1. The van der Waals surface area contributed by atoms with E-state index in [4.69, 9.17) is 15.2 Å². The van der Waals surface area contributed by atoms with Gasteiger partial charge in [0.15, 0.2) is 0 Å². The van der Waals surface area contributed by atoms with Crippen molar-refractivity contribution in [3.05, 3.63) is 20.9 Å². The van der Waals surface area contributed by atoms with Crippen molar-refractivity contribution in [3.8, 4) is 0 Å². The molecule has 1 rings (SSSR count). The Morgan fingerprint density at radius 2 is 1.83 bits per heavy atom. The molecule has 0 N–H and O–H groups in total. The molecule has 1 saturated carbocycles. The average Bonchev–Trinajstić information content (AvgIpc) is 2.71. The third-order valence-electron chi connectivity index (χ3n) is 3.54. The fraction of sp³-hybridized carbons (Fsp3) is 1.00. The van der Waals surface area contributed by atoms with Gasteiger partial charge in [-0.25, -0.2) is 0 Å². The van der Waals surface area contributed by atoms with E-state index in [0.717, 1.165) is 38.4 Å². The zero-order valence-corrected chi connectivity index (χ0v) is 14.8. The zero-order valence-electron chi connectivity index (χ0n) is 14.0. The number of hydrogen-bond donors (Lipinski definition) is 0. The SMILES string of the molecule is CC.CS(=O)(=O)OC(CN=[N+]=[N-])C[C@@H]1CCCCC[C@H]1N=[N+]=[N-]. The molecule has 0 heterocycles. The third kappa shape index (κ3) is 10.0. The number of rotatable bonds is 7. The van der Waals surface area contributed by atoms with E-state index in [1.165, 1.54) is 0 Å². The lowest BCUT2D eigenvalue weighted by molar-refractivity contribution is 0.170. The van der Waals surface area contributed by atoms with E-state index in [0.29, 0.717) is 6.42 Å². The molecule has 1 aliphatic carbocycles. The Kier molecular flexibility index (Phi) is 11.2. The van der Waals surface area contributed by atoms with Gasteiger partial charge in [0.1, 0.15) is 0 Å². The Morgan fingerprint density at radius 1 is 1.17 bits per heavy atom. The second kappa shape index (κ2) is 12.0. The number of nitrogens with zero attached hydrogens (tertiary/aromatic N) is 6. The average molecular weight is 346 g/mol. The van der Waals surface area contributed by atoms with Crippen LogP contribution in [0.1, 0.15) is 52.4 Å². The normalized spacial score (nSPS) is 22.4. The molecule has 0 aliphatic heterocycles. The van der Waals surface area contributed by atoms with Crippen LogP contribution in [0.5, 0.6) is 0 Å². The molecule has 1 aliphatic rings. The minimum absolute atomic E-state index is 0.0454. The molecule has 1 fully saturated rings. The van der Waals surface area contributed by atoms with Gasteiger partial charge >= 0.3 is 0 Å². The number of hydrogen-bond acceptors (Lipinski definition) is 5. The summed E-state index contributed by atoms with van der Waals surface area (Å²) in [6, 6.07) is -0.158. The van der Waals surface area contributed by atoms with Crippen molar-refractivity contribution in [2.75, 3.05) is 12.8 Å². The highest BCUT2D eigenvalue weighted by molar-refractivity contribution is 7.86. The Labute approximate surface area is 137 Å². The summed E-state index contributed by atoms with van der Waals surface area (Å²) in [5, 5.41) is 7.23. The molecule has 0 radical (unpaired) electrons. The lowest BCUT2D eigenvalue weighted by Crippen LogP contribution is -2.28. The van der Waals surface area contributed by atoms with Crippen LogP contribution >= 0.6 is 0 Å². The van der Waals surface area contributed by atoms with E-state index in [1.54, 1.807) is 0 Å². The summed E-state index contributed by atoms with van der Waals surface area (Å²) >= 11 is 0. The minimum atomic E-state index is -3.63. The van der Waals surface area contributed by atoms with Crippen LogP contribution in [0.15, 0.2) is 10.2 Å². The van der Waals surface area contributed by atoms with Crippen molar-refractivity contribution < 1.29 is 12.6 Å². The molecule has 3 atom stereocenters. The molecule has 1 unspecified atom stereocenters. The van der Waals surface area contributed by atoms with Gasteiger partial charge in [0, 0.05) is 15.9 Å². The molecule has 0 aromatic rings. The second-order valence-corrected chi connectivity index (χ2v) is 6.84. The summed E-state index contributed by atoms with van der Waals surface area (Å²) in [5.74, 6) is 0.0454. The highest BCUT2D eigenvalue weighted by Crippen LogP contribution is 2.30. The highest BCUT2D eigenvalue weighted by Gasteiger charge is 2.27. The van der Waals surface area contributed by atoms with Crippen molar-refractivity contribution in [1.82, 2.24) is 0 Å². The van der Waals surface area contributed by atoms with Crippen molar-refractivity contribution >= 4 is 10.1 Å². The van der Waals surface area contributed by atoms with Crippen LogP contribution in [0.3, 0.4) is 0 Å². The van der Waals surface area contributed by atoms with Crippen LogP contribution in [0.4, 0.5) is 0 Å². The molecule has 10 heteroatoms. The summed E-state index contributed by atoms with van der Waals surface area (Å²) < 4.78 is 27.5. The topological polar surface area (TPSA) is 141 Å². The Hall–Kier alpha value is -1.47. The van der Waals surface area contributed by atoms with Crippen molar-refractivity contribution in [2.24, 2.45) is 16.1 Å². The van der Waals surface area contributed by atoms with Gasteiger partial charge in [0.2, 0.25) is 0 Å². The summed E-state index contributed by atoms with van der Waals surface area (Å²) in [5.41, 5.74) is 17.0. The quantitative estimate of drug-likeness (QED) is 0.223. The molecule has 0 aromatic heterocycles. The number of azide groups is 2. The Bertz CT molecular complexity index is 526. The first kappa shape index (κ1) is 21.5. The van der Waals surface area contributed by atoms with Crippen molar-refractivity contribution in [3.63, 3.8) is 0 Å².